The van der Waals surface area contributed by atoms with Crippen LogP contribution in [-0.2, 0) is 18.6 Å². The summed E-state index contributed by atoms with van der Waals surface area (Å²) in [6.45, 7) is 13.1. The van der Waals surface area contributed by atoms with Crippen molar-refractivity contribution in [3.05, 3.63) is 45.6 Å². The quantitative estimate of drug-likeness (QED) is 0.474. The van der Waals surface area contributed by atoms with Gasteiger partial charge in [0.25, 0.3) is 0 Å². The van der Waals surface area contributed by atoms with Crippen LogP contribution < -0.4 is 0 Å². The molecule has 2 aliphatic rings. The summed E-state index contributed by atoms with van der Waals surface area (Å²) in [6, 6.07) is 0. The molecule has 19 heavy (non-hydrogen) atoms. The maximum atomic E-state index is 3.42. The van der Waals surface area contributed by atoms with Gasteiger partial charge in [0.1, 0.15) is 0 Å². The molecule has 103 valence electrons. The molecule has 0 amide bonds. The van der Waals surface area contributed by atoms with E-state index >= 15 is 0 Å². The Morgan fingerprint density at radius 3 is 1.00 bits per heavy atom. The van der Waals surface area contributed by atoms with Gasteiger partial charge in [-0.15, -0.1) is 24.9 Å². The van der Waals surface area contributed by atoms with Gasteiger partial charge in [-0.2, -0.15) is 22.3 Å². The van der Waals surface area contributed by atoms with Crippen LogP contribution in [0.25, 0.3) is 0 Å². The minimum atomic E-state index is 0. The first-order valence-corrected chi connectivity index (χ1v) is 9.12. The van der Waals surface area contributed by atoms with Gasteiger partial charge < -0.3 is 0 Å². The van der Waals surface area contributed by atoms with E-state index in [0.717, 1.165) is 0 Å². The Kier molecular flexibility index (Phi) is 7.67. The van der Waals surface area contributed by atoms with E-state index in [4.69, 9.17) is 0 Å². The van der Waals surface area contributed by atoms with E-state index in [-0.39, 0.29) is 18.6 Å². The van der Waals surface area contributed by atoms with Crippen molar-refractivity contribution in [2.24, 2.45) is 0 Å². The fourth-order valence-corrected chi connectivity index (χ4v) is 4.06. The van der Waals surface area contributed by atoms with Gasteiger partial charge in [-0.3, -0.25) is 12.2 Å². The van der Waals surface area contributed by atoms with Crippen LogP contribution >= 0.6 is 0 Å². The molecule has 0 saturated carbocycles. The van der Waals surface area contributed by atoms with Gasteiger partial charge >= 0.3 is 18.6 Å². The predicted octanol–water partition coefficient (Wildman–Crippen LogP) is 2.48. The molecule has 0 heterocycles. The molecule has 0 N–H and O–H groups in total. The SMILES string of the molecule is CC1=[C-]C([SiH3])C(C)=C1C.CC1=[C-]C([SiH3])C(C)=C1C.[V+2]. The van der Waals surface area contributed by atoms with Crippen LogP contribution in [0.4, 0.5) is 0 Å². The number of allylic oxidation sites excluding steroid dienone is 8. The van der Waals surface area contributed by atoms with Crippen molar-refractivity contribution in [2.75, 3.05) is 0 Å². The second-order valence-electron chi connectivity index (χ2n) is 5.60. The van der Waals surface area contributed by atoms with Gasteiger partial charge in [0.15, 0.2) is 0 Å². The molecule has 0 fully saturated rings. The molecular weight excluding hydrogens is 299 g/mol. The molecule has 2 rings (SSSR count). The van der Waals surface area contributed by atoms with Crippen molar-refractivity contribution >= 4 is 20.5 Å². The first-order chi connectivity index (χ1) is 8.25. The van der Waals surface area contributed by atoms with Crippen molar-refractivity contribution in [3.63, 3.8) is 0 Å². The molecule has 1 radical (unpaired) electrons. The van der Waals surface area contributed by atoms with E-state index in [9.17, 15) is 0 Å². The number of hydrogen-bond donors (Lipinski definition) is 0. The van der Waals surface area contributed by atoms with Crippen LogP contribution in [-0.4, -0.2) is 20.5 Å². The summed E-state index contributed by atoms with van der Waals surface area (Å²) in [5, 5.41) is 0. The Balaban J connectivity index is 0.000000324. The van der Waals surface area contributed by atoms with Crippen LogP contribution in [0.15, 0.2) is 33.4 Å². The van der Waals surface area contributed by atoms with Crippen molar-refractivity contribution in [1.29, 1.82) is 0 Å². The van der Waals surface area contributed by atoms with Gasteiger partial charge in [0.2, 0.25) is 0 Å². The van der Waals surface area contributed by atoms with E-state index in [1.165, 1.54) is 42.8 Å². The van der Waals surface area contributed by atoms with Gasteiger partial charge in [-0.05, 0) is 20.5 Å². The normalized spacial score (nSPS) is 26.0. The Morgan fingerprint density at radius 2 is 0.947 bits per heavy atom. The van der Waals surface area contributed by atoms with Crippen LogP contribution in [0.2, 0.25) is 11.1 Å². The Hall–Kier alpha value is -0.0218. The van der Waals surface area contributed by atoms with Crippen molar-refractivity contribution in [3.8, 4) is 0 Å². The minimum Gasteiger partial charge on any atom is -0.270 e. The fraction of sp³-hybridized carbons (Fsp3) is 0.500. The zero-order valence-electron chi connectivity index (χ0n) is 13.6. The van der Waals surface area contributed by atoms with Gasteiger partial charge in [0.05, 0.1) is 0 Å². The van der Waals surface area contributed by atoms with Crippen molar-refractivity contribution < 1.29 is 18.6 Å². The zero-order valence-corrected chi connectivity index (χ0v) is 19.0. The topological polar surface area (TPSA) is 0 Å². The van der Waals surface area contributed by atoms with E-state index in [2.05, 4.69) is 53.7 Å². The second kappa shape index (κ2) is 7.68. The average molecular weight is 326 g/mol. The molecule has 0 aliphatic heterocycles. The minimum absolute atomic E-state index is 0. The molecule has 0 spiro atoms. The van der Waals surface area contributed by atoms with Gasteiger partial charge in [0, 0.05) is 0 Å². The van der Waals surface area contributed by atoms with Crippen molar-refractivity contribution in [1.82, 2.24) is 0 Å². The van der Waals surface area contributed by atoms with Crippen molar-refractivity contribution in [2.45, 2.75) is 52.6 Å². The van der Waals surface area contributed by atoms with E-state index < -0.39 is 0 Å². The Morgan fingerprint density at radius 1 is 0.684 bits per heavy atom. The molecule has 2 aliphatic carbocycles. The monoisotopic (exact) mass is 325 g/mol. The third kappa shape index (κ3) is 4.49. The largest absolute Gasteiger partial charge is 2.00 e. The summed E-state index contributed by atoms with van der Waals surface area (Å²) in [7, 11) is 2.45. The Bertz CT molecular complexity index is 423. The fourth-order valence-electron chi connectivity index (χ4n) is 2.32. The standard InChI is InChI=1S/2C8H13Si.V/c2*1-5-4-8(9)7(3)6(5)2;/h2*8H,1-3,9H3;/q2*-1;+2. The summed E-state index contributed by atoms with van der Waals surface area (Å²) in [6.07, 6.45) is 6.84. The molecule has 0 aromatic carbocycles. The van der Waals surface area contributed by atoms with Gasteiger partial charge in [-0.1, -0.05) is 27.7 Å². The molecule has 0 aromatic heterocycles. The van der Waals surface area contributed by atoms with Crippen LogP contribution in [0, 0.1) is 12.2 Å². The summed E-state index contributed by atoms with van der Waals surface area (Å²) in [5.41, 5.74) is 10.2. The maximum absolute atomic E-state index is 3.42. The summed E-state index contributed by atoms with van der Waals surface area (Å²) in [4.78, 5) is 0. The van der Waals surface area contributed by atoms with Crippen LogP contribution in [0.5, 0.6) is 0 Å². The smallest absolute Gasteiger partial charge is 0.270 e. The molecule has 0 bridgehead atoms. The first kappa shape index (κ1) is 19.0. The summed E-state index contributed by atoms with van der Waals surface area (Å²) < 4.78 is 0. The zero-order chi connectivity index (χ0) is 14.0. The molecular formula is C16H26Si2V. The summed E-state index contributed by atoms with van der Waals surface area (Å²) in [5.74, 6) is 0. The Labute approximate surface area is 137 Å². The predicted molar refractivity (Wildman–Crippen MR) is 89.0 cm³/mol. The van der Waals surface area contributed by atoms with E-state index in [1.807, 2.05) is 0 Å². The first-order valence-electron chi connectivity index (χ1n) is 6.81. The average Bonchev–Trinajstić information content (AvgIpc) is 2.66. The molecule has 2 unspecified atom stereocenters. The number of rotatable bonds is 0. The van der Waals surface area contributed by atoms with Crippen LogP contribution in [0.1, 0.15) is 41.5 Å². The van der Waals surface area contributed by atoms with Gasteiger partial charge in [-0.25, -0.2) is 11.1 Å². The number of hydrogen-bond acceptors (Lipinski definition) is 0. The second-order valence-corrected chi connectivity index (χ2v) is 7.91. The van der Waals surface area contributed by atoms with E-state index in [1.54, 1.807) is 11.1 Å². The molecule has 2 atom stereocenters. The van der Waals surface area contributed by atoms with E-state index in [0.29, 0.717) is 11.1 Å². The molecule has 3 heteroatoms. The third-order valence-electron chi connectivity index (χ3n) is 4.47. The summed E-state index contributed by atoms with van der Waals surface area (Å²) >= 11 is 0. The third-order valence-corrected chi connectivity index (χ3v) is 6.78. The van der Waals surface area contributed by atoms with Crippen LogP contribution in [0.3, 0.4) is 0 Å². The maximum Gasteiger partial charge on any atom is 2.00 e. The molecule has 0 aromatic rings. The molecule has 0 nitrogen and oxygen atoms in total. The molecule has 0 saturated heterocycles.